The minimum atomic E-state index is -0.229. The average Bonchev–Trinajstić information content (AvgIpc) is 2.46. The van der Waals surface area contributed by atoms with Crippen molar-refractivity contribution in [2.75, 3.05) is 5.32 Å². The first-order valence-corrected chi connectivity index (χ1v) is 6.84. The fourth-order valence-corrected chi connectivity index (χ4v) is 2.28. The molecule has 6 nitrogen and oxygen atoms in total. The number of hydrogen-bond acceptors (Lipinski definition) is 2. The molecule has 0 saturated heterocycles. The van der Waals surface area contributed by atoms with Gasteiger partial charge in [-0.25, -0.2) is 9.98 Å². The highest BCUT2D eigenvalue weighted by Crippen LogP contribution is 2.22. The Kier molecular flexibility index (Phi) is 3.57. The lowest BCUT2D eigenvalue weighted by molar-refractivity contribution is -0.365. The van der Waals surface area contributed by atoms with Crippen molar-refractivity contribution in [2.24, 2.45) is 5.73 Å². The van der Waals surface area contributed by atoms with Gasteiger partial charge in [0.2, 0.25) is 0 Å². The van der Waals surface area contributed by atoms with Crippen LogP contribution in [0.25, 0.3) is 10.8 Å². The lowest BCUT2D eigenvalue weighted by Crippen LogP contribution is -2.73. The van der Waals surface area contributed by atoms with Crippen molar-refractivity contribution in [1.82, 2.24) is 9.97 Å². The molecule has 22 heavy (non-hydrogen) atoms. The average molecular weight is 294 g/mol. The number of aromatic nitrogens is 2. The summed E-state index contributed by atoms with van der Waals surface area (Å²) in [5.74, 6) is 0.584. The van der Waals surface area contributed by atoms with Crippen LogP contribution >= 0.6 is 0 Å². The molecule has 0 aliphatic heterocycles. The van der Waals surface area contributed by atoms with E-state index in [-0.39, 0.29) is 11.5 Å². The maximum absolute atomic E-state index is 11.4. The topological polar surface area (TPSA) is 97.8 Å². The zero-order chi connectivity index (χ0) is 15.5. The Hall–Kier alpha value is -3.15. The van der Waals surface area contributed by atoms with Crippen molar-refractivity contribution in [3.05, 3.63) is 64.6 Å². The summed E-state index contributed by atoms with van der Waals surface area (Å²) >= 11 is 0. The number of nitrogens with one attached hydrogen (secondary N) is 3. The molecule has 3 aromatic rings. The number of nitrogens with zero attached hydrogens (tertiary/aromatic N) is 1. The van der Waals surface area contributed by atoms with Gasteiger partial charge in [0.25, 0.3) is 11.5 Å². The molecule has 2 aromatic carbocycles. The SMILES string of the molecule is Cc1cc(=O)[nH]c([NH+]=C(N)Nc2cccc3ccccc23)n1. The zero-order valence-corrected chi connectivity index (χ0v) is 12.1. The second-order valence-electron chi connectivity index (χ2n) is 4.93. The van der Waals surface area contributed by atoms with Crippen molar-refractivity contribution in [1.29, 1.82) is 0 Å². The van der Waals surface area contributed by atoms with Gasteiger partial charge in [0.1, 0.15) is 0 Å². The van der Waals surface area contributed by atoms with Gasteiger partial charge in [-0.3, -0.25) is 10.1 Å². The molecule has 0 amide bonds. The summed E-state index contributed by atoms with van der Waals surface area (Å²) in [6.45, 7) is 1.74. The Bertz CT molecular complexity index is 908. The van der Waals surface area contributed by atoms with Crippen molar-refractivity contribution in [3.8, 4) is 0 Å². The number of guanidine groups is 1. The smallest absolute Gasteiger partial charge is 0.322 e. The highest BCUT2D eigenvalue weighted by atomic mass is 16.1. The summed E-state index contributed by atoms with van der Waals surface area (Å²) in [7, 11) is 0. The fraction of sp³-hybridized carbons (Fsp3) is 0.0625. The fourth-order valence-electron chi connectivity index (χ4n) is 2.28. The van der Waals surface area contributed by atoms with Crippen LogP contribution in [-0.4, -0.2) is 15.9 Å². The molecule has 110 valence electrons. The highest BCUT2D eigenvalue weighted by molar-refractivity contribution is 6.01. The molecule has 3 rings (SSSR count). The number of rotatable bonds is 2. The Morgan fingerprint density at radius 1 is 1.23 bits per heavy atom. The summed E-state index contributed by atoms with van der Waals surface area (Å²) in [6.07, 6.45) is 0. The van der Waals surface area contributed by atoms with Gasteiger partial charge < -0.3 is 5.73 Å². The number of anilines is 1. The van der Waals surface area contributed by atoms with E-state index in [0.717, 1.165) is 16.5 Å². The molecular weight excluding hydrogens is 278 g/mol. The number of H-pyrrole nitrogens is 1. The summed E-state index contributed by atoms with van der Waals surface area (Å²) in [4.78, 5) is 21.0. The van der Waals surface area contributed by atoms with Gasteiger partial charge in [0.15, 0.2) is 0 Å². The molecule has 5 N–H and O–H groups in total. The van der Waals surface area contributed by atoms with E-state index in [9.17, 15) is 4.79 Å². The van der Waals surface area contributed by atoms with Crippen LogP contribution < -0.4 is 21.6 Å². The van der Waals surface area contributed by atoms with Gasteiger partial charge in [0.05, 0.1) is 11.4 Å². The van der Waals surface area contributed by atoms with Crippen molar-refractivity contribution < 1.29 is 4.99 Å². The largest absolute Gasteiger partial charge is 0.325 e. The summed E-state index contributed by atoms with van der Waals surface area (Å²) in [5.41, 5.74) is 7.22. The predicted molar refractivity (Wildman–Crippen MR) is 87.0 cm³/mol. The van der Waals surface area contributed by atoms with Gasteiger partial charge in [-0.15, -0.1) is 4.98 Å². The number of fused-ring (bicyclic) bond motifs is 1. The van der Waals surface area contributed by atoms with E-state index in [1.807, 2.05) is 42.5 Å². The van der Waals surface area contributed by atoms with Crippen LogP contribution in [0.2, 0.25) is 0 Å². The first-order valence-electron chi connectivity index (χ1n) is 6.84. The van der Waals surface area contributed by atoms with Crippen LogP contribution in [0.5, 0.6) is 0 Å². The molecule has 0 spiro atoms. The lowest BCUT2D eigenvalue weighted by Gasteiger charge is -2.05. The summed E-state index contributed by atoms with van der Waals surface area (Å²) in [5, 5.41) is 5.26. The molecule has 0 aliphatic carbocycles. The van der Waals surface area contributed by atoms with Crippen LogP contribution in [0.3, 0.4) is 0 Å². The molecule has 0 aliphatic rings. The monoisotopic (exact) mass is 294 g/mol. The molecule has 0 unspecified atom stereocenters. The number of benzene rings is 2. The third kappa shape index (κ3) is 2.95. The number of nitrogens with two attached hydrogens (primary N) is 1. The molecule has 6 heteroatoms. The first-order chi connectivity index (χ1) is 10.6. The van der Waals surface area contributed by atoms with Crippen molar-refractivity contribution >= 4 is 28.4 Å². The van der Waals surface area contributed by atoms with Crippen LogP contribution in [0, 0.1) is 6.92 Å². The number of hydrogen-bond donors (Lipinski definition) is 4. The van der Waals surface area contributed by atoms with Gasteiger partial charge in [-0.2, -0.15) is 0 Å². The van der Waals surface area contributed by atoms with Crippen molar-refractivity contribution in [2.45, 2.75) is 6.92 Å². The summed E-state index contributed by atoms with van der Waals surface area (Å²) < 4.78 is 0. The zero-order valence-electron chi connectivity index (χ0n) is 12.1. The molecule has 1 heterocycles. The predicted octanol–water partition coefficient (Wildman–Crippen LogP) is 0.370. The quantitative estimate of drug-likeness (QED) is 0.405. The lowest BCUT2D eigenvalue weighted by atomic mass is 10.1. The van der Waals surface area contributed by atoms with Gasteiger partial charge >= 0.3 is 5.95 Å². The van der Waals surface area contributed by atoms with E-state index < -0.39 is 0 Å². The molecule has 0 radical (unpaired) electrons. The van der Waals surface area contributed by atoms with E-state index in [2.05, 4.69) is 20.3 Å². The Morgan fingerprint density at radius 2 is 2.00 bits per heavy atom. The first kappa shape index (κ1) is 13.8. The molecular formula is C16H16N5O+. The molecule has 0 atom stereocenters. The third-order valence-corrected chi connectivity index (χ3v) is 3.18. The van der Waals surface area contributed by atoms with Gasteiger partial charge in [0, 0.05) is 11.5 Å². The molecule has 0 fully saturated rings. The van der Waals surface area contributed by atoms with E-state index in [4.69, 9.17) is 5.73 Å². The number of aryl methyl sites for hydroxylation is 1. The normalized spacial score (nSPS) is 11.6. The Morgan fingerprint density at radius 3 is 2.82 bits per heavy atom. The molecule has 1 aromatic heterocycles. The Labute approximate surface area is 126 Å². The summed E-state index contributed by atoms with van der Waals surface area (Å²) in [6, 6.07) is 15.3. The van der Waals surface area contributed by atoms with Crippen molar-refractivity contribution in [3.63, 3.8) is 0 Å². The van der Waals surface area contributed by atoms with Crippen LogP contribution in [0.15, 0.2) is 53.3 Å². The van der Waals surface area contributed by atoms with E-state index in [1.54, 1.807) is 6.92 Å². The highest BCUT2D eigenvalue weighted by Gasteiger charge is 2.06. The Balaban J connectivity index is 1.94. The molecule has 0 bridgehead atoms. The van der Waals surface area contributed by atoms with Crippen LogP contribution in [0.1, 0.15) is 5.69 Å². The maximum Gasteiger partial charge on any atom is 0.325 e. The van der Waals surface area contributed by atoms with E-state index in [1.165, 1.54) is 6.07 Å². The third-order valence-electron chi connectivity index (χ3n) is 3.18. The minimum Gasteiger partial charge on any atom is -0.322 e. The second-order valence-corrected chi connectivity index (χ2v) is 4.93. The molecule has 0 saturated carbocycles. The standard InChI is InChI=1S/C16H15N5O/c1-10-9-14(22)20-16(18-10)21-15(17)19-13-8-4-6-11-5-2-3-7-12(11)13/h2-9H,1H3,(H4,17,18,19,20,21,22)/p+1. The van der Waals surface area contributed by atoms with E-state index >= 15 is 0 Å². The van der Waals surface area contributed by atoms with Crippen LogP contribution in [-0.2, 0) is 0 Å². The second kappa shape index (κ2) is 5.69. The van der Waals surface area contributed by atoms with Gasteiger partial charge in [-0.05, 0) is 18.4 Å². The minimum absolute atomic E-state index is 0.229. The number of aromatic amines is 1. The maximum atomic E-state index is 11.4. The van der Waals surface area contributed by atoms with Gasteiger partial charge in [-0.1, -0.05) is 36.4 Å². The van der Waals surface area contributed by atoms with Crippen LogP contribution in [0.4, 0.5) is 11.6 Å². The van der Waals surface area contributed by atoms with E-state index in [0.29, 0.717) is 11.6 Å².